The summed E-state index contributed by atoms with van der Waals surface area (Å²) < 4.78 is 5.68. The Balaban J connectivity index is 2.09. The Hall–Kier alpha value is -0.810. The molecule has 1 saturated heterocycles. The largest absolute Gasteiger partial charge is 0.465 e. The van der Waals surface area contributed by atoms with Crippen LogP contribution in [-0.2, 0) is 4.74 Å². The second-order valence-corrected chi connectivity index (χ2v) is 4.80. The first-order valence-corrected chi connectivity index (χ1v) is 7.06. The molecule has 1 aliphatic rings. The van der Waals surface area contributed by atoms with E-state index in [0.29, 0.717) is 6.54 Å². The standard InChI is InChI=1S/C13H26N2O3/c1-2-3-4-5-6-7-12-15(10-11-18-12)9-8-14-13(16)17/h12,14H,2-11H2,1H3,(H,16,17). The van der Waals surface area contributed by atoms with Crippen LogP contribution in [0.25, 0.3) is 0 Å². The molecule has 0 bridgehead atoms. The molecule has 1 amide bonds. The molecule has 18 heavy (non-hydrogen) atoms. The number of hydrogen-bond acceptors (Lipinski definition) is 3. The van der Waals surface area contributed by atoms with E-state index >= 15 is 0 Å². The SMILES string of the molecule is CCCCCCCC1OCCN1CCNC(=O)O. The summed E-state index contributed by atoms with van der Waals surface area (Å²) in [5.74, 6) is 0. The van der Waals surface area contributed by atoms with Crippen LogP contribution in [0, 0.1) is 0 Å². The molecule has 1 fully saturated rings. The van der Waals surface area contributed by atoms with E-state index in [4.69, 9.17) is 9.84 Å². The van der Waals surface area contributed by atoms with Crippen LogP contribution in [0.2, 0.25) is 0 Å². The Morgan fingerprint density at radius 3 is 2.89 bits per heavy atom. The van der Waals surface area contributed by atoms with Crippen molar-refractivity contribution in [1.29, 1.82) is 0 Å². The molecule has 1 unspecified atom stereocenters. The number of amides is 1. The number of nitrogens with one attached hydrogen (secondary N) is 1. The van der Waals surface area contributed by atoms with E-state index in [2.05, 4.69) is 17.1 Å². The van der Waals surface area contributed by atoms with E-state index in [-0.39, 0.29) is 6.23 Å². The number of carbonyl (C=O) groups is 1. The van der Waals surface area contributed by atoms with Gasteiger partial charge in [-0.05, 0) is 12.8 Å². The first-order valence-electron chi connectivity index (χ1n) is 7.06. The van der Waals surface area contributed by atoms with Crippen molar-refractivity contribution < 1.29 is 14.6 Å². The summed E-state index contributed by atoms with van der Waals surface area (Å²) in [6.07, 6.45) is 6.68. The van der Waals surface area contributed by atoms with E-state index in [1.54, 1.807) is 0 Å². The lowest BCUT2D eigenvalue weighted by molar-refractivity contribution is 0.0258. The van der Waals surface area contributed by atoms with Crippen LogP contribution in [0.5, 0.6) is 0 Å². The maximum absolute atomic E-state index is 10.4. The summed E-state index contributed by atoms with van der Waals surface area (Å²) in [6, 6.07) is 0. The van der Waals surface area contributed by atoms with Crippen molar-refractivity contribution >= 4 is 6.09 Å². The third-order valence-corrected chi connectivity index (χ3v) is 3.33. The molecule has 0 aromatic rings. The van der Waals surface area contributed by atoms with Crippen molar-refractivity contribution in [3.8, 4) is 0 Å². The van der Waals surface area contributed by atoms with E-state index in [1.165, 1.54) is 32.1 Å². The third-order valence-electron chi connectivity index (χ3n) is 3.33. The fraction of sp³-hybridized carbons (Fsp3) is 0.923. The molecule has 5 heteroatoms. The molecule has 1 rings (SSSR count). The maximum atomic E-state index is 10.4. The minimum Gasteiger partial charge on any atom is -0.465 e. The average Bonchev–Trinajstić information content (AvgIpc) is 2.76. The normalized spacial score (nSPS) is 20.2. The zero-order chi connectivity index (χ0) is 13.2. The van der Waals surface area contributed by atoms with Crippen LogP contribution in [0.4, 0.5) is 4.79 Å². The Bertz CT molecular complexity index is 236. The first-order chi connectivity index (χ1) is 8.74. The third kappa shape index (κ3) is 6.21. The van der Waals surface area contributed by atoms with Gasteiger partial charge in [0.25, 0.3) is 0 Å². The molecule has 0 aliphatic carbocycles. The Kier molecular flexibility index (Phi) is 7.76. The van der Waals surface area contributed by atoms with Crippen molar-refractivity contribution in [2.24, 2.45) is 0 Å². The molecule has 1 atom stereocenters. The van der Waals surface area contributed by atoms with Crippen LogP contribution >= 0.6 is 0 Å². The van der Waals surface area contributed by atoms with Gasteiger partial charge in [-0.3, -0.25) is 4.90 Å². The quantitative estimate of drug-likeness (QED) is 0.623. The molecule has 2 N–H and O–H groups in total. The lowest BCUT2D eigenvalue weighted by Gasteiger charge is -2.22. The Labute approximate surface area is 109 Å². The predicted octanol–water partition coefficient (Wildman–Crippen LogP) is 2.27. The van der Waals surface area contributed by atoms with Crippen molar-refractivity contribution in [3.05, 3.63) is 0 Å². The van der Waals surface area contributed by atoms with E-state index in [0.717, 1.165) is 26.1 Å². The van der Waals surface area contributed by atoms with Gasteiger partial charge >= 0.3 is 6.09 Å². The van der Waals surface area contributed by atoms with E-state index in [9.17, 15) is 4.79 Å². The molecule has 0 spiro atoms. The van der Waals surface area contributed by atoms with Crippen LogP contribution in [0.1, 0.15) is 45.4 Å². The minimum atomic E-state index is -0.953. The molecule has 0 radical (unpaired) electrons. The van der Waals surface area contributed by atoms with Crippen molar-refractivity contribution in [3.63, 3.8) is 0 Å². The summed E-state index contributed by atoms with van der Waals surface area (Å²) in [7, 11) is 0. The number of hydrogen-bond donors (Lipinski definition) is 2. The van der Waals surface area contributed by atoms with Gasteiger partial charge in [-0.1, -0.05) is 32.6 Å². The number of rotatable bonds is 9. The topological polar surface area (TPSA) is 61.8 Å². The lowest BCUT2D eigenvalue weighted by Crippen LogP contribution is -2.37. The average molecular weight is 258 g/mol. The van der Waals surface area contributed by atoms with Gasteiger partial charge in [-0.2, -0.15) is 0 Å². The van der Waals surface area contributed by atoms with Crippen LogP contribution in [-0.4, -0.2) is 48.6 Å². The second kappa shape index (κ2) is 9.16. The second-order valence-electron chi connectivity index (χ2n) is 4.80. The Morgan fingerprint density at radius 2 is 2.17 bits per heavy atom. The van der Waals surface area contributed by atoms with Gasteiger partial charge in [-0.25, -0.2) is 4.79 Å². The molecular weight excluding hydrogens is 232 g/mol. The number of carboxylic acid groups (broad SMARTS) is 1. The molecule has 0 saturated carbocycles. The van der Waals surface area contributed by atoms with Crippen molar-refractivity contribution in [1.82, 2.24) is 10.2 Å². The summed E-state index contributed by atoms with van der Waals surface area (Å²) in [6.45, 7) is 5.13. The van der Waals surface area contributed by atoms with Gasteiger partial charge < -0.3 is 15.2 Å². The molecule has 5 nitrogen and oxygen atoms in total. The van der Waals surface area contributed by atoms with E-state index in [1.807, 2.05) is 0 Å². The molecule has 106 valence electrons. The highest BCUT2D eigenvalue weighted by molar-refractivity contribution is 5.64. The van der Waals surface area contributed by atoms with Crippen LogP contribution in [0.15, 0.2) is 0 Å². The van der Waals surface area contributed by atoms with Crippen LogP contribution < -0.4 is 5.32 Å². The number of nitrogens with zero attached hydrogens (tertiary/aromatic N) is 1. The van der Waals surface area contributed by atoms with Gasteiger partial charge in [0.15, 0.2) is 0 Å². The molecule has 1 aliphatic heterocycles. The number of unbranched alkanes of at least 4 members (excludes halogenated alkanes) is 4. The predicted molar refractivity (Wildman–Crippen MR) is 70.7 cm³/mol. The molecule has 1 heterocycles. The first kappa shape index (κ1) is 15.2. The monoisotopic (exact) mass is 258 g/mol. The Morgan fingerprint density at radius 1 is 1.39 bits per heavy atom. The van der Waals surface area contributed by atoms with Gasteiger partial charge in [0.05, 0.1) is 6.61 Å². The van der Waals surface area contributed by atoms with Gasteiger partial charge in [-0.15, -0.1) is 0 Å². The zero-order valence-corrected chi connectivity index (χ0v) is 11.4. The molecule has 0 aromatic heterocycles. The van der Waals surface area contributed by atoms with Crippen molar-refractivity contribution in [2.75, 3.05) is 26.2 Å². The molecule has 0 aromatic carbocycles. The summed E-state index contributed by atoms with van der Waals surface area (Å²) in [4.78, 5) is 12.6. The summed E-state index contributed by atoms with van der Waals surface area (Å²) in [5.41, 5.74) is 0. The van der Waals surface area contributed by atoms with Crippen LogP contribution in [0.3, 0.4) is 0 Å². The fourth-order valence-electron chi connectivity index (χ4n) is 2.31. The summed E-state index contributed by atoms with van der Waals surface area (Å²) >= 11 is 0. The summed E-state index contributed by atoms with van der Waals surface area (Å²) in [5, 5.41) is 10.9. The van der Waals surface area contributed by atoms with Gasteiger partial charge in [0.1, 0.15) is 6.23 Å². The highest BCUT2D eigenvalue weighted by atomic mass is 16.5. The van der Waals surface area contributed by atoms with Crippen molar-refractivity contribution in [2.45, 2.75) is 51.7 Å². The maximum Gasteiger partial charge on any atom is 0.404 e. The fourth-order valence-corrected chi connectivity index (χ4v) is 2.31. The highest BCUT2D eigenvalue weighted by Gasteiger charge is 2.24. The van der Waals surface area contributed by atoms with Gasteiger partial charge in [0.2, 0.25) is 0 Å². The molecular formula is C13H26N2O3. The van der Waals surface area contributed by atoms with E-state index < -0.39 is 6.09 Å². The zero-order valence-electron chi connectivity index (χ0n) is 11.4. The smallest absolute Gasteiger partial charge is 0.404 e. The number of ether oxygens (including phenoxy) is 1. The minimum absolute atomic E-state index is 0.197. The van der Waals surface area contributed by atoms with Gasteiger partial charge in [0, 0.05) is 19.6 Å². The highest BCUT2D eigenvalue weighted by Crippen LogP contribution is 2.16. The lowest BCUT2D eigenvalue weighted by atomic mass is 10.1.